The molecule has 17 heavy (non-hydrogen) atoms. The predicted octanol–water partition coefficient (Wildman–Crippen LogP) is 2.01. The Balaban J connectivity index is 1.86. The summed E-state index contributed by atoms with van der Waals surface area (Å²) >= 11 is 0. The number of hydrogen-bond donors (Lipinski definition) is 1. The molecule has 0 amide bonds. The van der Waals surface area contributed by atoms with Gasteiger partial charge in [-0.05, 0) is 56.6 Å². The zero-order chi connectivity index (χ0) is 11.9. The van der Waals surface area contributed by atoms with Crippen molar-refractivity contribution in [3.8, 4) is 5.75 Å². The van der Waals surface area contributed by atoms with Crippen LogP contribution < -0.4 is 10.5 Å². The lowest BCUT2D eigenvalue weighted by Gasteiger charge is -2.15. The van der Waals surface area contributed by atoms with Crippen molar-refractivity contribution in [2.45, 2.75) is 25.8 Å². The van der Waals surface area contributed by atoms with Gasteiger partial charge in [-0.2, -0.15) is 0 Å². The van der Waals surface area contributed by atoms with Gasteiger partial charge in [0.05, 0.1) is 6.61 Å². The van der Waals surface area contributed by atoms with Gasteiger partial charge in [-0.1, -0.05) is 12.1 Å². The Hall–Kier alpha value is -1.06. The van der Waals surface area contributed by atoms with Crippen LogP contribution in [0, 0.1) is 0 Å². The van der Waals surface area contributed by atoms with Gasteiger partial charge in [-0.25, -0.2) is 0 Å². The summed E-state index contributed by atoms with van der Waals surface area (Å²) in [6.45, 7) is 4.92. The fraction of sp³-hybridized carbons (Fsp3) is 0.571. The highest BCUT2D eigenvalue weighted by molar-refractivity contribution is 5.28. The van der Waals surface area contributed by atoms with E-state index in [2.05, 4.69) is 23.1 Å². The van der Waals surface area contributed by atoms with E-state index < -0.39 is 0 Å². The van der Waals surface area contributed by atoms with E-state index >= 15 is 0 Å². The summed E-state index contributed by atoms with van der Waals surface area (Å²) in [6, 6.07) is 8.41. The first-order valence-electron chi connectivity index (χ1n) is 6.52. The third-order valence-electron chi connectivity index (χ3n) is 3.12. The molecule has 1 fully saturated rings. The highest BCUT2D eigenvalue weighted by atomic mass is 16.5. The summed E-state index contributed by atoms with van der Waals surface area (Å²) in [4.78, 5) is 2.50. The molecule has 1 saturated heterocycles. The molecule has 0 aliphatic carbocycles. The number of likely N-dealkylation sites (tertiary alicyclic amines) is 1. The van der Waals surface area contributed by atoms with Gasteiger partial charge in [0, 0.05) is 6.54 Å². The van der Waals surface area contributed by atoms with E-state index in [1.165, 1.54) is 31.5 Å². The molecule has 1 aromatic carbocycles. The van der Waals surface area contributed by atoms with E-state index in [1.807, 2.05) is 6.07 Å². The first-order valence-corrected chi connectivity index (χ1v) is 6.52. The molecule has 2 rings (SSSR count). The van der Waals surface area contributed by atoms with Crippen LogP contribution in [0.5, 0.6) is 5.75 Å². The Kier molecular flexibility index (Phi) is 4.83. The van der Waals surface area contributed by atoms with Gasteiger partial charge in [-0.15, -0.1) is 0 Å². The van der Waals surface area contributed by atoms with Crippen LogP contribution >= 0.6 is 0 Å². The summed E-state index contributed by atoms with van der Waals surface area (Å²) < 4.78 is 5.65. The van der Waals surface area contributed by atoms with Gasteiger partial charge in [0.25, 0.3) is 0 Å². The smallest absolute Gasteiger partial charge is 0.119 e. The Morgan fingerprint density at radius 1 is 1.24 bits per heavy atom. The van der Waals surface area contributed by atoms with Crippen molar-refractivity contribution in [2.75, 3.05) is 26.2 Å². The lowest BCUT2D eigenvalue weighted by molar-refractivity contribution is 0.309. The molecule has 0 aromatic heterocycles. The predicted molar refractivity (Wildman–Crippen MR) is 70.1 cm³/mol. The highest BCUT2D eigenvalue weighted by Crippen LogP contribution is 2.17. The van der Waals surface area contributed by atoms with Crippen LogP contribution in [0.1, 0.15) is 24.8 Å². The SMILES string of the molecule is NCCCOc1cccc(CN2CCCC2)c1. The Morgan fingerprint density at radius 3 is 2.82 bits per heavy atom. The largest absolute Gasteiger partial charge is 0.494 e. The molecule has 0 spiro atoms. The van der Waals surface area contributed by atoms with Crippen LogP contribution in [0.15, 0.2) is 24.3 Å². The minimum absolute atomic E-state index is 0.688. The second kappa shape index (κ2) is 6.62. The quantitative estimate of drug-likeness (QED) is 0.765. The normalized spacial score (nSPS) is 16.3. The topological polar surface area (TPSA) is 38.5 Å². The lowest BCUT2D eigenvalue weighted by Crippen LogP contribution is -2.18. The van der Waals surface area contributed by atoms with Crippen molar-refractivity contribution in [1.82, 2.24) is 4.90 Å². The average Bonchev–Trinajstić information content (AvgIpc) is 2.83. The fourth-order valence-electron chi connectivity index (χ4n) is 2.21. The van der Waals surface area contributed by atoms with E-state index in [0.29, 0.717) is 13.2 Å². The van der Waals surface area contributed by atoms with Crippen LogP contribution in [0.4, 0.5) is 0 Å². The molecule has 0 radical (unpaired) electrons. The summed E-state index contributed by atoms with van der Waals surface area (Å²) in [7, 11) is 0. The van der Waals surface area contributed by atoms with Crippen LogP contribution in [0.3, 0.4) is 0 Å². The molecule has 1 aliphatic heterocycles. The monoisotopic (exact) mass is 234 g/mol. The van der Waals surface area contributed by atoms with E-state index in [4.69, 9.17) is 10.5 Å². The van der Waals surface area contributed by atoms with Crippen LogP contribution in [0.2, 0.25) is 0 Å². The third-order valence-corrected chi connectivity index (χ3v) is 3.12. The number of ether oxygens (including phenoxy) is 1. The molecule has 1 heterocycles. The van der Waals surface area contributed by atoms with Crippen molar-refractivity contribution < 1.29 is 4.74 Å². The molecule has 94 valence electrons. The molecule has 2 N–H and O–H groups in total. The fourth-order valence-corrected chi connectivity index (χ4v) is 2.21. The summed E-state index contributed by atoms with van der Waals surface area (Å²) in [6.07, 6.45) is 3.59. The maximum absolute atomic E-state index is 5.65. The molecular formula is C14H22N2O. The molecule has 1 aromatic rings. The van der Waals surface area contributed by atoms with Gasteiger partial charge in [0.15, 0.2) is 0 Å². The second-order valence-corrected chi connectivity index (χ2v) is 4.62. The van der Waals surface area contributed by atoms with Gasteiger partial charge in [0.2, 0.25) is 0 Å². The minimum Gasteiger partial charge on any atom is -0.494 e. The first kappa shape index (κ1) is 12.4. The molecular weight excluding hydrogens is 212 g/mol. The third kappa shape index (κ3) is 4.02. The van der Waals surface area contributed by atoms with Gasteiger partial charge >= 0.3 is 0 Å². The molecule has 3 heteroatoms. The maximum Gasteiger partial charge on any atom is 0.119 e. The highest BCUT2D eigenvalue weighted by Gasteiger charge is 2.11. The average molecular weight is 234 g/mol. The standard InChI is InChI=1S/C14H22N2O/c15-7-4-10-17-14-6-3-5-13(11-14)12-16-8-1-2-9-16/h3,5-6,11H,1-2,4,7-10,12,15H2. The zero-order valence-electron chi connectivity index (χ0n) is 10.4. The zero-order valence-corrected chi connectivity index (χ0v) is 10.4. The molecule has 3 nitrogen and oxygen atoms in total. The number of hydrogen-bond acceptors (Lipinski definition) is 3. The number of nitrogens with two attached hydrogens (primary N) is 1. The van der Waals surface area contributed by atoms with Crippen molar-refractivity contribution in [1.29, 1.82) is 0 Å². The Bertz CT molecular complexity index is 335. The second-order valence-electron chi connectivity index (χ2n) is 4.62. The van der Waals surface area contributed by atoms with E-state index in [0.717, 1.165) is 18.7 Å². The summed E-state index contributed by atoms with van der Waals surface area (Å²) in [5, 5.41) is 0. The van der Waals surface area contributed by atoms with Gasteiger partial charge < -0.3 is 10.5 Å². The van der Waals surface area contributed by atoms with Gasteiger partial charge in [-0.3, -0.25) is 4.90 Å². The molecule has 0 bridgehead atoms. The van der Waals surface area contributed by atoms with Crippen molar-refractivity contribution in [2.24, 2.45) is 5.73 Å². The van der Waals surface area contributed by atoms with Crippen molar-refractivity contribution in [3.63, 3.8) is 0 Å². The molecule has 0 unspecified atom stereocenters. The van der Waals surface area contributed by atoms with Crippen LogP contribution in [-0.2, 0) is 6.54 Å². The summed E-state index contributed by atoms with van der Waals surface area (Å²) in [5.41, 5.74) is 6.79. The Labute approximate surface area is 104 Å². The molecule has 1 aliphatic rings. The van der Waals surface area contributed by atoms with Gasteiger partial charge in [0.1, 0.15) is 5.75 Å². The van der Waals surface area contributed by atoms with E-state index in [-0.39, 0.29) is 0 Å². The molecule has 0 saturated carbocycles. The van der Waals surface area contributed by atoms with Crippen molar-refractivity contribution in [3.05, 3.63) is 29.8 Å². The number of benzene rings is 1. The number of nitrogens with zero attached hydrogens (tertiary/aromatic N) is 1. The van der Waals surface area contributed by atoms with E-state index in [1.54, 1.807) is 0 Å². The maximum atomic E-state index is 5.65. The lowest BCUT2D eigenvalue weighted by atomic mass is 10.2. The summed E-state index contributed by atoms with van der Waals surface area (Å²) in [5.74, 6) is 0.968. The molecule has 0 atom stereocenters. The van der Waals surface area contributed by atoms with Crippen LogP contribution in [-0.4, -0.2) is 31.1 Å². The van der Waals surface area contributed by atoms with Crippen molar-refractivity contribution >= 4 is 0 Å². The van der Waals surface area contributed by atoms with Crippen LogP contribution in [0.25, 0.3) is 0 Å². The van der Waals surface area contributed by atoms with E-state index in [9.17, 15) is 0 Å². The first-order chi connectivity index (χ1) is 8.38. The number of rotatable bonds is 6. The minimum atomic E-state index is 0.688. The Morgan fingerprint density at radius 2 is 2.06 bits per heavy atom.